The summed E-state index contributed by atoms with van der Waals surface area (Å²) in [6.45, 7) is 2.34. The molecule has 0 unspecified atom stereocenters. The van der Waals surface area contributed by atoms with E-state index in [4.69, 9.17) is 4.74 Å². The SMILES string of the molecule is COc1ccc(NC(=O)NCc2nccc(N3CCCC3)n2)cc1. The number of carbonyl (C=O) groups is 1. The number of hydrogen-bond acceptors (Lipinski definition) is 5. The summed E-state index contributed by atoms with van der Waals surface area (Å²) in [5, 5.41) is 5.53. The zero-order valence-electron chi connectivity index (χ0n) is 13.7. The maximum Gasteiger partial charge on any atom is 0.319 e. The van der Waals surface area contributed by atoms with Crippen LogP contribution in [0.15, 0.2) is 36.5 Å². The minimum absolute atomic E-state index is 0.281. The van der Waals surface area contributed by atoms with Gasteiger partial charge in [-0.05, 0) is 43.2 Å². The molecule has 126 valence electrons. The second-order valence-corrected chi connectivity index (χ2v) is 5.56. The first-order chi connectivity index (χ1) is 11.7. The predicted octanol–water partition coefficient (Wildman–Crippen LogP) is 2.41. The lowest BCUT2D eigenvalue weighted by Gasteiger charge is -2.16. The molecule has 7 nitrogen and oxygen atoms in total. The largest absolute Gasteiger partial charge is 0.497 e. The molecule has 2 aromatic rings. The van der Waals surface area contributed by atoms with Crippen LogP contribution in [0.5, 0.6) is 5.75 Å². The number of methoxy groups -OCH3 is 1. The molecule has 0 atom stereocenters. The molecule has 1 saturated heterocycles. The van der Waals surface area contributed by atoms with Crippen LogP contribution in [0.25, 0.3) is 0 Å². The minimum atomic E-state index is -0.296. The Morgan fingerprint density at radius 1 is 1.21 bits per heavy atom. The molecule has 7 heteroatoms. The van der Waals surface area contributed by atoms with Crippen molar-refractivity contribution >= 4 is 17.5 Å². The lowest BCUT2D eigenvalue weighted by Crippen LogP contribution is -2.29. The maximum absolute atomic E-state index is 12.0. The van der Waals surface area contributed by atoms with Crippen LogP contribution < -0.4 is 20.3 Å². The molecule has 1 aliphatic heterocycles. The van der Waals surface area contributed by atoms with Crippen molar-refractivity contribution in [2.75, 3.05) is 30.4 Å². The van der Waals surface area contributed by atoms with Gasteiger partial charge in [0.25, 0.3) is 0 Å². The van der Waals surface area contributed by atoms with Crippen LogP contribution in [0.3, 0.4) is 0 Å². The fraction of sp³-hybridized carbons (Fsp3) is 0.353. The van der Waals surface area contributed by atoms with Gasteiger partial charge in [0.05, 0.1) is 13.7 Å². The molecule has 0 radical (unpaired) electrons. The van der Waals surface area contributed by atoms with Gasteiger partial charge in [0, 0.05) is 25.0 Å². The number of rotatable bonds is 5. The lowest BCUT2D eigenvalue weighted by atomic mass is 10.3. The molecule has 2 N–H and O–H groups in total. The van der Waals surface area contributed by atoms with Crippen molar-refractivity contribution < 1.29 is 9.53 Å². The van der Waals surface area contributed by atoms with Gasteiger partial charge in [0.2, 0.25) is 0 Å². The first-order valence-electron chi connectivity index (χ1n) is 8.00. The Morgan fingerprint density at radius 2 is 1.96 bits per heavy atom. The number of benzene rings is 1. The number of nitrogens with zero attached hydrogens (tertiary/aromatic N) is 3. The third-order valence-corrected chi connectivity index (χ3v) is 3.88. The molecule has 1 fully saturated rings. The first kappa shape index (κ1) is 16.0. The van der Waals surface area contributed by atoms with Crippen molar-refractivity contribution in [3.63, 3.8) is 0 Å². The number of ether oxygens (including phenoxy) is 1. The van der Waals surface area contributed by atoms with E-state index in [0.717, 1.165) is 24.7 Å². The van der Waals surface area contributed by atoms with Gasteiger partial charge >= 0.3 is 6.03 Å². The topological polar surface area (TPSA) is 79.4 Å². The van der Waals surface area contributed by atoms with Gasteiger partial charge in [-0.3, -0.25) is 0 Å². The maximum atomic E-state index is 12.0. The van der Waals surface area contributed by atoms with Crippen molar-refractivity contribution in [1.82, 2.24) is 15.3 Å². The monoisotopic (exact) mass is 327 g/mol. The number of hydrogen-bond donors (Lipinski definition) is 2. The summed E-state index contributed by atoms with van der Waals surface area (Å²) in [6, 6.07) is 8.75. The van der Waals surface area contributed by atoms with Gasteiger partial charge in [-0.25, -0.2) is 14.8 Å². The zero-order chi connectivity index (χ0) is 16.8. The van der Waals surface area contributed by atoms with E-state index < -0.39 is 0 Å². The lowest BCUT2D eigenvalue weighted by molar-refractivity contribution is 0.251. The van der Waals surface area contributed by atoms with E-state index in [1.807, 2.05) is 6.07 Å². The number of amides is 2. The van der Waals surface area contributed by atoms with Gasteiger partial charge in [-0.2, -0.15) is 0 Å². The fourth-order valence-electron chi connectivity index (χ4n) is 2.60. The summed E-state index contributed by atoms with van der Waals surface area (Å²) < 4.78 is 5.08. The standard InChI is InChI=1S/C17H21N5O2/c1-24-14-6-4-13(5-7-14)20-17(23)19-12-15-18-9-8-16(21-15)22-10-2-3-11-22/h4-9H,2-3,10-12H2,1H3,(H2,19,20,23). The van der Waals surface area contributed by atoms with E-state index >= 15 is 0 Å². The summed E-state index contributed by atoms with van der Waals surface area (Å²) >= 11 is 0. The Morgan fingerprint density at radius 3 is 2.67 bits per heavy atom. The van der Waals surface area contributed by atoms with Crippen molar-refractivity contribution in [3.05, 3.63) is 42.4 Å². The number of nitrogens with one attached hydrogen (secondary N) is 2. The summed E-state index contributed by atoms with van der Waals surface area (Å²) in [5.41, 5.74) is 0.694. The quantitative estimate of drug-likeness (QED) is 0.881. The highest BCUT2D eigenvalue weighted by Crippen LogP contribution is 2.17. The molecule has 0 spiro atoms. The fourth-order valence-corrected chi connectivity index (χ4v) is 2.60. The third-order valence-electron chi connectivity index (χ3n) is 3.88. The molecule has 2 heterocycles. The molecule has 0 aliphatic carbocycles. The number of carbonyl (C=O) groups excluding carboxylic acids is 1. The molecule has 2 amide bonds. The second-order valence-electron chi connectivity index (χ2n) is 5.56. The van der Waals surface area contributed by atoms with Gasteiger partial charge in [-0.1, -0.05) is 0 Å². The van der Waals surface area contributed by atoms with Crippen LogP contribution in [0.1, 0.15) is 18.7 Å². The van der Waals surface area contributed by atoms with Crippen LogP contribution in [0.4, 0.5) is 16.3 Å². The molecule has 1 aliphatic rings. The van der Waals surface area contributed by atoms with E-state index in [2.05, 4.69) is 25.5 Å². The number of aromatic nitrogens is 2. The van der Waals surface area contributed by atoms with Gasteiger partial charge in [-0.15, -0.1) is 0 Å². The summed E-state index contributed by atoms with van der Waals surface area (Å²) in [4.78, 5) is 22.9. The second kappa shape index (κ2) is 7.63. The molecular weight excluding hydrogens is 306 g/mol. The van der Waals surface area contributed by atoms with Crippen LogP contribution in [-0.4, -0.2) is 36.2 Å². The van der Waals surface area contributed by atoms with Gasteiger partial charge in [0.1, 0.15) is 17.4 Å². The van der Waals surface area contributed by atoms with Crippen molar-refractivity contribution in [2.45, 2.75) is 19.4 Å². The summed E-state index contributed by atoms with van der Waals surface area (Å²) in [7, 11) is 1.60. The van der Waals surface area contributed by atoms with E-state index in [1.54, 1.807) is 37.6 Å². The Hall–Kier alpha value is -2.83. The Kier molecular flexibility index (Phi) is 5.10. The average Bonchev–Trinajstić information content (AvgIpc) is 3.16. The third kappa shape index (κ3) is 4.13. The Balaban J connectivity index is 1.52. The predicted molar refractivity (Wildman–Crippen MR) is 92.3 cm³/mol. The summed E-state index contributed by atoms with van der Waals surface area (Å²) in [5.74, 6) is 2.27. The average molecular weight is 327 g/mol. The zero-order valence-corrected chi connectivity index (χ0v) is 13.7. The molecule has 0 saturated carbocycles. The summed E-state index contributed by atoms with van der Waals surface area (Å²) in [6.07, 6.45) is 4.13. The van der Waals surface area contributed by atoms with Crippen molar-refractivity contribution in [3.8, 4) is 5.75 Å². The van der Waals surface area contributed by atoms with Crippen LogP contribution >= 0.6 is 0 Å². The van der Waals surface area contributed by atoms with Crippen LogP contribution in [0, 0.1) is 0 Å². The normalized spacial score (nSPS) is 13.6. The molecule has 3 rings (SSSR count). The first-order valence-corrected chi connectivity index (χ1v) is 8.00. The highest BCUT2D eigenvalue weighted by Gasteiger charge is 2.14. The van der Waals surface area contributed by atoms with Crippen LogP contribution in [-0.2, 0) is 6.54 Å². The van der Waals surface area contributed by atoms with E-state index in [-0.39, 0.29) is 12.6 Å². The van der Waals surface area contributed by atoms with Gasteiger partial charge in [0.15, 0.2) is 0 Å². The van der Waals surface area contributed by atoms with Crippen LogP contribution in [0.2, 0.25) is 0 Å². The van der Waals surface area contributed by atoms with E-state index in [0.29, 0.717) is 11.5 Å². The Labute approximate surface area is 141 Å². The smallest absolute Gasteiger partial charge is 0.319 e. The van der Waals surface area contributed by atoms with Crippen molar-refractivity contribution in [2.24, 2.45) is 0 Å². The molecular formula is C17H21N5O2. The molecule has 0 bridgehead atoms. The van der Waals surface area contributed by atoms with Gasteiger partial charge < -0.3 is 20.3 Å². The highest BCUT2D eigenvalue weighted by molar-refractivity contribution is 5.89. The molecule has 24 heavy (non-hydrogen) atoms. The Bertz CT molecular complexity index is 684. The van der Waals surface area contributed by atoms with Crippen molar-refractivity contribution in [1.29, 1.82) is 0 Å². The number of urea groups is 1. The molecule has 1 aromatic heterocycles. The minimum Gasteiger partial charge on any atom is -0.497 e. The number of anilines is 2. The molecule has 1 aromatic carbocycles. The highest BCUT2D eigenvalue weighted by atomic mass is 16.5. The van der Waals surface area contributed by atoms with E-state index in [1.165, 1.54) is 12.8 Å². The van der Waals surface area contributed by atoms with E-state index in [9.17, 15) is 4.79 Å².